The Morgan fingerprint density at radius 3 is 2.81 bits per heavy atom. The number of rotatable bonds is 11. The fourth-order valence-electron chi connectivity index (χ4n) is 4.02. The smallest absolute Gasteiger partial charge is 0.329 e. The second kappa shape index (κ2) is 11.6. The lowest BCUT2D eigenvalue weighted by Crippen LogP contribution is -2.32. The van der Waals surface area contributed by atoms with Crippen molar-refractivity contribution in [1.29, 1.82) is 0 Å². The second-order valence-corrected chi connectivity index (χ2v) is 8.12. The van der Waals surface area contributed by atoms with Gasteiger partial charge in [-0.1, -0.05) is 54.6 Å². The molecule has 1 aliphatic rings. The second-order valence-electron chi connectivity index (χ2n) is 8.12. The van der Waals surface area contributed by atoms with Crippen LogP contribution in [0.25, 0.3) is 11.1 Å². The topological polar surface area (TPSA) is 87.1 Å². The number of likely N-dealkylation sites (tertiary alicyclic amines) is 1. The number of carbonyl (C=O) groups excluding carboxylic acids is 1. The van der Waals surface area contributed by atoms with Crippen LogP contribution in [0.1, 0.15) is 42.9 Å². The van der Waals surface area contributed by atoms with E-state index in [0.29, 0.717) is 26.0 Å². The molecule has 1 aliphatic heterocycles. The highest BCUT2D eigenvalue weighted by atomic mass is 16.5. The van der Waals surface area contributed by atoms with Crippen molar-refractivity contribution in [3.8, 4) is 11.1 Å². The number of unbranched alkanes of at least 4 members (excludes halogenated alkanes) is 1. The predicted molar refractivity (Wildman–Crippen MR) is 123 cm³/mol. The Bertz CT molecular complexity index is 955. The minimum atomic E-state index is -0.979. The van der Waals surface area contributed by atoms with Gasteiger partial charge in [0.2, 0.25) is 5.91 Å². The van der Waals surface area contributed by atoms with Gasteiger partial charge in [0.1, 0.15) is 6.61 Å². The molecule has 6 heteroatoms. The molecule has 0 bridgehead atoms. The van der Waals surface area contributed by atoms with Gasteiger partial charge in [-0.15, -0.1) is 0 Å². The van der Waals surface area contributed by atoms with Gasteiger partial charge in [0.15, 0.2) is 0 Å². The zero-order valence-electron chi connectivity index (χ0n) is 18.4. The number of aryl methyl sites for hydroxylation is 1. The first-order chi connectivity index (χ1) is 15.5. The van der Waals surface area contributed by atoms with Crippen LogP contribution < -0.4 is 0 Å². The highest BCUT2D eigenvalue weighted by Gasteiger charge is 2.28. The summed E-state index contributed by atoms with van der Waals surface area (Å²) in [6.07, 6.45) is 5.63. The van der Waals surface area contributed by atoms with Crippen molar-refractivity contribution in [2.75, 3.05) is 19.8 Å². The third-order valence-electron chi connectivity index (χ3n) is 5.74. The van der Waals surface area contributed by atoms with Crippen LogP contribution in [0.4, 0.5) is 0 Å². The number of carbonyl (C=O) groups is 2. The summed E-state index contributed by atoms with van der Waals surface area (Å²) in [6.45, 7) is 2.74. The molecular formula is C26H31NO5. The number of hydrogen-bond acceptors (Lipinski definition) is 4. The summed E-state index contributed by atoms with van der Waals surface area (Å²) in [5, 5.41) is 19.3. The summed E-state index contributed by atoms with van der Waals surface area (Å²) >= 11 is 0. The molecule has 2 aromatic rings. The van der Waals surface area contributed by atoms with Crippen LogP contribution in [-0.2, 0) is 14.3 Å². The van der Waals surface area contributed by atoms with Crippen molar-refractivity contribution < 1.29 is 24.5 Å². The number of amides is 1. The maximum Gasteiger partial charge on any atom is 0.329 e. The summed E-state index contributed by atoms with van der Waals surface area (Å²) in [5.74, 6) is -0.866. The van der Waals surface area contributed by atoms with Gasteiger partial charge in [-0.25, -0.2) is 4.79 Å². The molecule has 6 nitrogen and oxygen atoms in total. The van der Waals surface area contributed by atoms with E-state index in [1.807, 2.05) is 47.4 Å². The number of benzene rings is 2. The molecule has 2 aromatic carbocycles. The lowest BCUT2D eigenvalue weighted by atomic mass is 9.97. The van der Waals surface area contributed by atoms with Crippen molar-refractivity contribution in [2.24, 2.45) is 0 Å². The Kier molecular flexibility index (Phi) is 8.59. The van der Waals surface area contributed by atoms with Gasteiger partial charge in [0.25, 0.3) is 0 Å². The largest absolute Gasteiger partial charge is 0.480 e. The Morgan fingerprint density at radius 1 is 1.22 bits per heavy atom. The molecule has 0 radical (unpaired) electrons. The fourth-order valence-corrected chi connectivity index (χ4v) is 4.02. The van der Waals surface area contributed by atoms with Crippen LogP contribution in [0.15, 0.2) is 60.7 Å². The number of carboxylic acid groups (broad SMARTS) is 1. The van der Waals surface area contributed by atoms with E-state index in [9.17, 15) is 14.7 Å². The van der Waals surface area contributed by atoms with Gasteiger partial charge < -0.3 is 19.8 Å². The van der Waals surface area contributed by atoms with Gasteiger partial charge in [-0.3, -0.25) is 4.79 Å². The summed E-state index contributed by atoms with van der Waals surface area (Å²) in [7, 11) is 0. The van der Waals surface area contributed by atoms with Gasteiger partial charge in [0.05, 0.1) is 12.1 Å². The van der Waals surface area contributed by atoms with Crippen molar-refractivity contribution in [3.05, 3.63) is 71.8 Å². The molecule has 3 rings (SSSR count). The first-order valence-corrected chi connectivity index (χ1v) is 11.1. The number of aliphatic hydroxyl groups excluding tert-OH is 1. The highest BCUT2D eigenvalue weighted by Crippen LogP contribution is 2.27. The van der Waals surface area contributed by atoms with E-state index in [1.54, 1.807) is 6.08 Å². The van der Waals surface area contributed by atoms with Crippen LogP contribution in [0.5, 0.6) is 0 Å². The summed E-state index contributed by atoms with van der Waals surface area (Å²) in [6, 6.07) is 16.0. The third kappa shape index (κ3) is 6.52. The molecule has 1 heterocycles. The first-order valence-electron chi connectivity index (χ1n) is 11.1. The molecule has 0 spiro atoms. The van der Waals surface area contributed by atoms with Crippen LogP contribution in [-0.4, -0.2) is 52.8 Å². The monoisotopic (exact) mass is 437 g/mol. The predicted octanol–water partition coefficient (Wildman–Crippen LogP) is 4.12. The number of hydrogen-bond donors (Lipinski definition) is 2. The van der Waals surface area contributed by atoms with Crippen molar-refractivity contribution in [3.63, 3.8) is 0 Å². The van der Waals surface area contributed by atoms with Gasteiger partial charge in [-0.2, -0.15) is 0 Å². The maximum atomic E-state index is 12.3. The molecule has 2 atom stereocenters. The first kappa shape index (κ1) is 23.7. The Balaban J connectivity index is 1.57. The van der Waals surface area contributed by atoms with Gasteiger partial charge >= 0.3 is 5.97 Å². The Morgan fingerprint density at radius 2 is 2.03 bits per heavy atom. The highest BCUT2D eigenvalue weighted by molar-refractivity contribution is 5.79. The van der Waals surface area contributed by atoms with Gasteiger partial charge in [0, 0.05) is 19.6 Å². The van der Waals surface area contributed by atoms with E-state index in [1.165, 1.54) is 5.56 Å². The summed E-state index contributed by atoms with van der Waals surface area (Å²) < 4.78 is 5.04. The number of ether oxygens (including phenoxy) is 1. The minimum Gasteiger partial charge on any atom is -0.480 e. The van der Waals surface area contributed by atoms with Crippen molar-refractivity contribution in [2.45, 2.75) is 44.8 Å². The van der Waals surface area contributed by atoms with Crippen LogP contribution >= 0.6 is 0 Å². The normalized spacial score (nSPS) is 17.2. The quantitative estimate of drug-likeness (QED) is 0.408. The molecule has 0 aliphatic carbocycles. The van der Waals surface area contributed by atoms with E-state index < -0.39 is 12.1 Å². The standard InChI is InChI=1S/C26H31NO5/c1-19-7-2-3-10-23(19)20-8-6-9-21(17-20)24(28)13-11-22-12-14-25(29)27(22)15-4-5-16-32-18-26(30)31/h2-3,6-11,13,17,22,24,28H,4-5,12,14-16,18H2,1H3,(H,30,31)/b13-11+/t22?,24-/m1/s1. The molecule has 1 unspecified atom stereocenters. The number of nitrogens with zero attached hydrogens (tertiary/aromatic N) is 1. The van der Waals surface area contributed by atoms with Crippen molar-refractivity contribution in [1.82, 2.24) is 4.90 Å². The average Bonchev–Trinajstić information content (AvgIpc) is 3.14. The van der Waals surface area contributed by atoms with Gasteiger partial charge in [-0.05, 0) is 54.5 Å². The Labute approximate surface area is 189 Å². The molecule has 32 heavy (non-hydrogen) atoms. The average molecular weight is 438 g/mol. The zero-order chi connectivity index (χ0) is 22.9. The van der Waals surface area contributed by atoms with E-state index in [0.717, 1.165) is 29.5 Å². The number of carboxylic acids is 1. The van der Waals surface area contributed by atoms with Crippen LogP contribution in [0, 0.1) is 6.92 Å². The van der Waals surface area contributed by atoms with E-state index in [-0.39, 0.29) is 18.6 Å². The molecule has 0 aromatic heterocycles. The van der Waals surface area contributed by atoms with Crippen LogP contribution in [0.2, 0.25) is 0 Å². The number of aliphatic carboxylic acids is 1. The minimum absolute atomic E-state index is 0.0309. The SMILES string of the molecule is Cc1ccccc1-c1cccc([C@H](O)/C=C/C2CCC(=O)N2CCCCOCC(=O)O)c1. The van der Waals surface area contributed by atoms with E-state index in [4.69, 9.17) is 9.84 Å². The third-order valence-corrected chi connectivity index (χ3v) is 5.74. The summed E-state index contributed by atoms with van der Waals surface area (Å²) in [5.41, 5.74) is 4.21. The lowest BCUT2D eigenvalue weighted by Gasteiger charge is -2.22. The lowest BCUT2D eigenvalue weighted by molar-refractivity contribution is -0.142. The Hall–Kier alpha value is -2.96. The molecule has 0 saturated carbocycles. The maximum absolute atomic E-state index is 12.3. The molecular weight excluding hydrogens is 406 g/mol. The molecule has 1 amide bonds. The molecule has 1 fully saturated rings. The number of aliphatic hydroxyl groups is 1. The zero-order valence-corrected chi connectivity index (χ0v) is 18.4. The van der Waals surface area contributed by atoms with E-state index in [2.05, 4.69) is 19.1 Å². The summed E-state index contributed by atoms with van der Waals surface area (Å²) in [4.78, 5) is 24.6. The molecule has 170 valence electrons. The molecule has 1 saturated heterocycles. The fraction of sp³-hybridized carbons (Fsp3) is 0.385. The van der Waals surface area contributed by atoms with Crippen molar-refractivity contribution >= 4 is 11.9 Å². The van der Waals surface area contributed by atoms with E-state index >= 15 is 0 Å². The van der Waals surface area contributed by atoms with Crippen LogP contribution in [0.3, 0.4) is 0 Å². The molecule has 2 N–H and O–H groups in total.